The van der Waals surface area contributed by atoms with Gasteiger partial charge in [-0.25, -0.2) is 0 Å². The molecule has 0 bridgehead atoms. The maximum Gasteiger partial charge on any atom is 0.216 e. The normalized spacial score (nSPS) is 9.00. The third-order valence-corrected chi connectivity index (χ3v) is 2.73. The largest absolute Gasteiger partial charge is 0.379 e. The molecule has 2 N–H and O–H groups in total. The molecule has 0 aliphatic carbocycles. The van der Waals surface area contributed by atoms with Crippen LogP contribution in [0.2, 0.25) is 0 Å². The molecule has 1 amide bonds. The van der Waals surface area contributed by atoms with E-state index in [0.29, 0.717) is 6.41 Å². The van der Waals surface area contributed by atoms with Crippen molar-refractivity contribution in [2.45, 2.75) is 47.0 Å². The Bertz CT molecular complexity index is 158. The first-order valence-electron chi connectivity index (χ1n) is 7.94. The molecule has 6 heteroatoms. The first kappa shape index (κ1) is 25.6. The Balaban J connectivity index is -0.000000277. The number of carbonyl (C=O) groups excluding carboxylic acids is 1. The van der Waals surface area contributed by atoms with Crippen molar-refractivity contribution in [2.75, 3.05) is 45.8 Å². The highest BCUT2D eigenvalue weighted by atomic mass is 32.2. The summed E-state index contributed by atoms with van der Waals surface area (Å²) in [7, 11) is 1.94. The molecule has 5 nitrogen and oxygen atoms in total. The molecular weight excluding hydrogens is 288 g/mol. The second-order valence-corrected chi connectivity index (χ2v) is 4.64. The molecule has 0 aliphatic heterocycles. The Kier molecular flexibility index (Phi) is 38.9. The van der Waals surface area contributed by atoms with Gasteiger partial charge in [0.2, 0.25) is 6.41 Å². The molecule has 0 aromatic rings. The van der Waals surface area contributed by atoms with Crippen molar-refractivity contribution in [3.8, 4) is 0 Å². The molecule has 0 aromatic carbocycles. The molecule has 0 aliphatic rings. The molecule has 0 saturated carbocycles. The highest BCUT2D eigenvalue weighted by molar-refractivity contribution is 7.97. The van der Waals surface area contributed by atoms with Crippen molar-refractivity contribution in [1.29, 1.82) is 0 Å². The zero-order chi connectivity index (χ0) is 16.6. The smallest absolute Gasteiger partial charge is 0.216 e. The lowest BCUT2D eigenvalue weighted by Crippen LogP contribution is -2.08. The van der Waals surface area contributed by atoms with E-state index in [2.05, 4.69) is 17.0 Å². The van der Waals surface area contributed by atoms with Crippen molar-refractivity contribution in [3.63, 3.8) is 0 Å². The van der Waals surface area contributed by atoms with Crippen molar-refractivity contribution >= 4 is 18.4 Å². The molecule has 21 heavy (non-hydrogen) atoms. The number of ether oxygens (including phenoxy) is 2. The van der Waals surface area contributed by atoms with Gasteiger partial charge in [0, 0.05) is 19.0 Å². The van der Waals surface area contributed by atoms with Gasteiger partial charge in [-0.05, 0) is 39.8 Å². The predicted octanol–water partition coefficient (Wildman–Crippen LogP) is 2.86. The zero-order valence-electron chi connectivity index (χ0n) is 14.6. The summed E-state index contributed by atoms with van der Waals surface area (Å²) in [6.45, 7) is 12.3. The van der Waals surface area contributed by atoms with E-state index in [0.717, 1.165) is 51.6 Å². The van der Waals surface area contributed by atoms with Gasteiger partial charge in [-0.1, -0.05) is 32.7 Å². The number of amides is 1. The number of hydrogen-bond donors (Lipinski definition) is 2. The van der Waals surface area contributed by atoms with Gasteiger partial charge >= 0.3 is 0 Å². The summed E-state index contributed by atoms with van der Waals surface area (Å²) < 4.78 is 12.8. The molecule has 0 radical (unpaired) electrons. The Labute approximate surface area is 136 Å². The lowest BCUT2D eigenvalue weighted by Gasteiger charge is -2.00. The molecular formula is C15H36N2O3S. The van der Waals surface area contributed by atoms with Crippen LogP contribution in [0, 0.1) is 0 Å². The minimum absolute atomic E-state index is 0.711. The summed E-state index contributed by atoms with van der Waals surface area (Å²) in [5.74, 6) is 1.00. The first-order chi connectivity index (χ1) is 10.3. The molecule has 0 heterocycles. The van der Waals surface area contributed by atoms with Crippen LogP contribution in [-0.4, -0.2) is 52.2 Å². The monoisotopic (exact) mass is 324 g/mol. The van der Waals surface area contributed by atoms with E-state index in [1.54, 1.807) is 0 Å². The van der Waals surface area contributed by atoms with Gasteiger partial charge in [0.05, 0.1) is 13.2 Å². The minimum atomic E-state index is 0.711. The lowest BCUT2D eigenvalue weighted by atomic mass is 10.3. The molecule has 0 saturated heterocycles. The fourth-order valence-electron chi connectivity index (χ4n) is 1.08. The van der Waals surface area contributed by atoms with Crippen LogP contribution in [0.3, 0.4) is 0 Å². The van der Waals surface area contributed by atoms with E-state index < -0.39 is 0 Å². The van der Waals surface area contributed by atoms with Gasteiger partial charge < -0.3 is 19.5 Å². The highest BCUT2D eigenvalue weighted by Gasteiger charge is 1.86. The number of unbranched alkanes of at least 4 members (excludes halogenated alkanes) is 1. The van der Waals surface area contributed by atoms with Crippen LogP contribution in [0.5, 0.6) is 0 Å². The van der Waals surface area contributed by atoms with Gasteiger partial charge in [0.1, 0.15) is 0 Å². The third-order valence-electron chi connectivity index (χ3n) is 1.98. The fraction of sp³-hybridized carbons (Fsp3) is 0.933. The van der Waals surface area contributed by atoms with Crippen molar-refractivity contribution in [1.82, 2.24) is 10.0 Å². The number of carbonyl (C=O) groups is 1. The summed E-state index contributed by atoms with van der Waals surface area (Å²) >= 11 is 1.46. The van der Waals surface area contributed by atoms with E-state index >= 15 is 0 Å². The van der Waals surface area contributed by atoms with E-state index in [1.807, 2.05) is 27.8 Å². The zero-order valence-corrected chi connectivity index (χ0v) is 15.4. The molecule has 0 rings (SSSR count). The van der Waals surface area contributed by atoms with Crippen LogP contribution in [0.4, 0.5) is 0 Å². The van der Waals surface area contributed by atoms with Gasteiger partial charge in [-0.15, -0.1) is 0 Å². The maximum absolute atomic E-state index is 9.75. The SMILES string of the molecule is CC.CCCOCCOCC.CNCCCCSNC=O. The van der Waals surface area contributed by atoms with Crippen LogP contribution in [0.1, 0.15) is 47.0 Å². The summed E-state index contributed by atoms with van der Waals surface area (Å²) in [5, 5.41) is 3.06. The summed E-state index contributed by atoms with van der Waals surface area (Å²) in [6, 6.07) is 0. The maximum atomic E-state index is 9.75. The Morgan fingerprint density at radius 3 is 2.24 bits per heavy atom. The van der Waals surface area contributed by atoms with E-state index in [1.165, 1.54) is 18.4 Å². The number of hydrogen-bond acceptors (Lipinski definition) is 5. The second-order valence-electron chi connectivity index (χ2n) is 3.70. The average molecular weight is 325 g/mol. The second kappa shape index (κ2) is 31.9. The minimum Gasteiger partial charge on any atom is -0.379 e. The average Bonchev–Trinajstić information content (AvgIpc) is 2.53. The molecule has 0 fully saturated rings. The number of rotatable bonds is 13. The van der Waals surface area contributed by atoms with Crippen LogP contribution in [0.15, 0.2) is 0 Å². The summed E-state index contributed by atoms with van der Waals surface area (Å²) in [6.07, 6.45) is 4.12. The third kappa shape index (κ3) is 38.3. The van der Waals surface area contributed by atoms with E-state index in [4.69, 9.17) is 9.47 Å². The fourth-order valence-corrected chi connectivity index (χ4v) is 1.61. The van der Waals surface area contributed by atoms with Crippen LogP contribution < -0.4 is 10.0 Å². The van der Waals surface area contributed by atoms with E-state index in [9.17, 15) is 4.79 Å². The van der Waals surface area contributed by atoms with E-state index in [-0.39, 0.29) is 0 Å². The Morgan fingerprint density at radius 1 is 1.05 bits per heavy atom. The van der Waals surface area contributed by atoms with Gasteiger partial charge in [0.15, 0.2) is 0 Å². The Hall–Kier alpha value is -0.300. The molecule has 0 atom stereocenters. The quantitative estimate of drug-likeness (QED) is 0.310. The van der Waals surface area contributed by atoms with Crippen molar-refractivity contribution in [2.24, 2.45) is 0 Å². The lowest BCUT2D eigenvalue weighted by molar-refractivity contribution is -0.107. The van der Waals surface area contributed by atoms with Crippen LogP contribution in [-0.2, 0) is 14.3 Å². The molecule has 0 unspecified atom stereocenters. The predicted molar refractivity (Wildman–Crippen MR) is 93.8 cm³/mol. The van der Waals surface area contributed by atoms with Crippen molar-refractivity contribution < 1.29 is 14.3 Å². The van der Waals surface area contributed by atoms with Gasteiger partial charge in [-0.3, -0.25) is 4.79 Å². The first-order valence-corrected chi connectivity index (χ1v) is 8.93. The topological polar surface area (TPSA) is 59.6 Å². The molecule has 0 spiro atoms. The van der Waals surface area contributed by atoms with Crippen molar-refractivity contribution in [3.05, 3.63) is 0 Å². The standard InChI is InChI=1S/C7H16O2.C6H14N2OS.C2H6/c1-3-5-9-7-6-8-4-2;1-7-4-2-3-5-10-8-6-9;1-2/h3-7H2,1-2H3;6-7H,2-5H2,1H3,(H,8,9);1-2H3. The van der Waals surface area contributed by atoms with Gasteiger partial charge in [0.25, 0.3) is 0 Å². The number of nitrogens with one attached hydrogen (secondary N) is 2. The van der Waals surface area contributed by atoms with Gasteiger partial charge in [-0.2, -0.15) is 0 Å². The van der Waals surface area contributed by atoms with Crippen LogP contribution in [0.25, 0.3) is 0 Å². The summed E-state index contributed by atoms with van der Waals surface area (Å²) in [5.41, 5.74) is 0. The molecule has 0 aromatic heterocycles. The molecule has 130 valence electrons. The summed E-state index contributed by atoms with van der Waals surface area (Å²) in [4.78, 5) is 9.75. The highest BCUT2D eigenvalue weighted by Crippen LogP contribution is 1.97. The van der Waals surface area contributed by atoms with Crippen LogP contribution >= 0.6 is 11.9 Å². The Morgan fingerprint density at radius 2 is 1.71 bits per heavy atom.